The molecule has 0 aliphatic rings. The number of carbonyl (C=O) groups excluding carboxylic acids is 2. The lowest BCUT2D eigenvalue weighted by molar-refractivity contribution is -0.117. The van der Waals surface area contributed by atoms with Crippen LogP contribution in [-0.2, 0) is 4.79 Å². The lowest BCUT2D eigenvalue weighted by Gasteiger charge is -2.16. The Morgan fingerprint density at radius 2 is 1.56 bits per heavy atom. The number of carbonyl (C=O) groups is 2. The normalized spacial score (nSPS) is 11.7. The van der Waals surface area contributed by atoms with E-state index in [1.165, 1.54) is 77.8 Å². The van der Waals surface area contributed by atoms with Crippen molar-refractivity contribution >= 4 is 17.4 Å². The highest BCUT2D eigenvalue weighted by Crippen LogP contribution is 2.22. The topological polar surface area (TPSA) is 106 Å². The number of pyridine rings is 1. The summed E-state index contributed by atoms with van der Waals surface area (Å²) in [5.74, 6) is -1.68. The summed E-state index contributed by atoms with van der Waals surface area (Å²) in [5, 5.41) is 5.33. The van der Waals surface area contributed by atoms with E-state index in [0.29, 0.717) is 5.56 Å². The fourth-order valence-corrected chi connectivity index (χ4v) is 3.40. The van der Waals surface area contributed by atoms with Crippen molar-refractivity contribution in [2.24, 2.45) is 0 Å². The zero-order valence-corrected chi connectivity index (χ0v) is 19.3. The van der Waals surface area contributed by atoms with Crippen LogP contribution in [0.1, 0.15) is 22.8 Å². The van der Waals surface area contributed by atoms with Gasteiger partial charge in [0.05, 0.1) is 24.1 Å². The van der Waals surface area contributed by atoms with E-state index in [2.05, 4.69) is 20.6 Å². The van der Waals surface area contributed by atoms with Crippen LogP contribution >= 0.6 is 0 Å². The first-order valence-corrected chi connectivity index (χ1v) is 10.9. The molecule has 0 aliphatic carbocycles. The second kappa shape index (κ2) is 10.4. The lowest BCUT2D eigenvalue weighted by atomic mass is 10.0. The maximum absolute atomic E-state index is 13.5. The van der Waals surface area contributed by atoms with Gasteiger partial charge in [0.25, 0.3) is 5.56 Å². The van der Waals surface area contributed by atoms with Crippen molar-refractivity contribution < 1.29 is 18.4 Å². The minimum atomic E-state index is -0.630. The largest absolute Gasteiger partial charge is 0.319 e. The number of nitrogens with one attached hydrogen (secondary N) is 2. The first kappa shape index (κ1) is 24.6. The van der Waals surface area contributed by atoms with Crippen molar-refractivity contribution in [3.8, 4) is 17.1 Å². The third-order valence-corrected chi connectivity index (χ3v) is 5.50. The molecule has 0 fully saturated rings. The Labute approximate surface area is 204 Å². The molecule has 4 aromatic rings. The first-order chi connectivity index (χ1) is 17.3. The molecular formula is C26H21F2N5O3. The van der Waals surface area contributed by atoms with E-state index in [-0.39, 0.29) is 28.3 Å². The molecule has 2 heterocycles. The summed E-state index contributed by atoms with van der Waals surface area (Å²) in [6, 6.07) is 11.3. The van der Waals surface area contributed by atoms with E-state index >= 15 is 0 Å². The number of nitrogens with zero attached hydrogens (tertiary/aromatic N) is 3. The zero-order valence-electron chi connectivity index (χ0n) is 19.3. The molecule has 1 amide bonds. The Morgan fingerprint density at radius 1 is 0.917 bits per heavy atom. The van der Waals surface area contributed by atoms with E-state index < -0.39 is 34.9 Å². The molecule has 2 aromatic carbocycles. The summed E-state index contributed by atoms with van der Waals surface area (Å²) in [6.07, 6.45) is 3.91. The van der Waals surface area contributed by atoms with Crippen LogP contribution in [-0.4, -0.2) is 39.3 Å². The average Bonchev–Trinajstić information content (AvgIpc) is 2.89. The first-order valence-electron chi connectivity index (χ1n) is 10.9. The van der Waals surface area contributed by atoms with Gasteiger partial charge in [-0.3, -0.25) is 23.9 Å². The third kappa shape index (κ3) is 5.08. The van der Waals surface area contributed by atoms with E-state index in [4.69, 9.17) is 0 Å². The molecule has 182 valence electrons. The highest BCUT2D eigenvalue weighted by molar-refractivity contribution is 6.09. The van der Waals surface area contributed by atoms with Crippen molar-refractivity contribution in [1.82, 2.24) is 19.9 Å². The predicted octanol–water partition coefficient (Wildman–Crippen LogP) is 3.35. The van der Waals surface area contributed by atoms with Crippen molar-refractivity contribution in [2.75, 3.05) is 12.4 Å². The number of amides is 1. The van der Waals surface area contributed by atoms with E-state index in [1.54, 1.807) is 14.0 Å². The second-order valence-corrected chi connectivity index (χ2v) is 7.91. The van der Waals surface area contributed by atoms with Gasteiger partial charge in [-0.05, 0) is 68.6 Å². The molecule has 0 saturated carbocycles. The van der Waals surface area contributed by atoms with Crippen LogP contribution in [0.25, 0.3) is 17.1 Å². The Bertz CT molecular complexity index is 1490. The minimum Gasteiger partial charge on any atom is -0.319 e. The van der Waals surface area contributed by atoms with Gasteiger partial charge in [-0.1, -0.05) is 0 Å². The molecule has 36 heavy (non-hydrogen) atoms. The fraction of sp³-hybridized carbons (Fsp3) is 0.115. The van der Waals surface area contributed by atoms with Crippen molar-refractivity contribution in [2.45, 2.75) is 13.0 Å². The quantitative estimate of drug-likeness (QED) is 0.386. The van der Waals surface area contributed by atoms with Crippen LogP contribution in [0.3, 0.4) is 0 Å². The molecule has 10 heteroatoms. The van der Waals surface area contributed by atoms with Gasteiger partial charge >= 0.3 is 0 Å². The van der Waals surface area contributed by atoms with Gasteiger partial charge in [0.2, 0.25) is 5.91 Å². The molecule has 0 saturated heterocycles. The third-order valence-electron chi connectivity index (χ3n) is 5.50. The summed E-state index contributed by atoms with van der Waals surface area (Å²) in [4.78, 5) is 47.3. The average molecular weight is 489 g/mol. The summed E-state index contributed by atoms with van der Waals surface area (Å²) in [7, 11) is 1.60. The van der Waals surface area contributed by atoms with Crippen LogP contribution in [0.4, 0.5) is 14.5 Å². The molecule has 0 bridgehead atoms. The summed E-state index contributed by atoms with van der Waals surface area (Å²) in [6.45, 7) is 1.63. The lowest BCUT2D eigenvalue weighted by Crippen LogP contribution is -2.37. The Balaban J connectivity index is 1.85. The van der Waals surface area contributed by atoms with Crippen LogP contribution < -0.4 is 16.2 Å². The number of ketones is 1. The Kier molecular flexibility index (Phi) is 7.07. The number of aromatic nitrogens is 3. The van der Waals surface area contributed by atoms with E-state index in [1.807, 2.05) is 0 Å². The molecule has 0 radical (unpaired) electrons. The van der Waals surface area contributed by atoms with Crippen molar-refractivity contribution in [1.29, 1.82) is 0 Å². The summed E-state index contributed by atoms with van der Waals surface area (Å²) >= 11 is 0. The van der Waals surface area contributed by atoms with Crippen molar-refractivity contribution in [3.05, 3.63) is 106 Å². The highest BCUT2D eigenvalue weighted by atomic mass is 19.1. The van der Waals surface area contributed by atoms with Gasteiger partial charge in [-0.25, -0.2) is 13.8 Å². The molecule has 8 nitrogen and oxygen atoms in total. The molecule has 1 atom stereocenters. The highest BCUT2D eigenvalue weighted by Gasteiger charge is 2.19. The van der Waals surface area contributed by atoms with Crippen molar-refractivity contribution in [3.63, 3.8) is 0 Å². The Morgan fingerprint density at radius 3 is 2.19 bits per heavy atom. The predicted molar refractivity (Wildman–Crippen MR) is 130 cm³/mol. The summed E-state index contributed by atoms with van der Waals surface area (Å²) in [5.41, 5.74) is 0.274. The number of anilines is 1. The smallest absolute Gasteiger partial charge is 0.282 e. The number of rotatable bonds is 7. The number of hydrogen-bond donors (Lipinski definition) is 2. The van der Waals surface area contributed by atoms with Crippen LogP contribution in [0.2, 0.25) is 0 Å². The zero-order chi connectivity index (χ0) is 25.8. The number of benzene rings is 2. The maximum Gasteiger partial charge on any atom is 0.282 e. The molecular weight excluding hydrogens is 468 g/mol. The van der Waals surface area contributed by atoms with Gasteiger partial charge in [-0.15, -0.1) is 0 Å². The van der Waals surface area contributed by atoms with Gasteiger partial charge in [0.1, 0.15) is 23.1 Å². The standard InChI is InChI=1S/C26H21F2N5O3/c1-15(29-2)25(35)32-22-14-31-24(17-5-9-20(28)10-6-17)33(26(22)36)21-11-18(12-30-13-21)23(34)16-3-7-19(27)8-4-16/h3-15,29H,1-2H3,(H,32,35). The molecule has 1 unspecified atom stereocenters. The molecule has 0 spiro atoms. The molecule has 4 rings (SSSR count). The monoisotopic (exact) mass is 489 g/mol. The van der Waals surface area contributed by atoms with Gasteiger partial charge in [0, 0.05) is 22.9 Å². The van der Waals surface area contributed by atoms with Gasteiger partial charge in [0.15, 0.2) is 5.78 Å². The van der Waals surface area contributed by atoms with Gasteiger partial charge < -0.3 is 10.6 Å². The maximum atomic E-state index is 13.5. The van der Waals surface area contributed by atoms with Gasteiger partial charge in [-0.2, -0.15) is 0 Å². The molecule has 0 aliphatic heterocycles. The second-order valence-electron chi connectivity index (χ2n) is 7.91. The molecule has 2 aromatic heterocycles. The molecule has 2 N–H and O–H groups in total. The minimum absolute atomic E-state index is 0.0942. The van der Waals surface area contributed by atoms with E-state index in [0.717, 1.165) is 0 Å². The number of hydrogen-bond acceptors (Lipinski definition) is 6. The van der Waals surface area contributed by atoms with Crippen LogP contribution in [0.5, 0.6) is 0 Å². The number of halogens is 2. The Hall–Kier alpha value is -4.57. The number of likely N-dealkylation sites (N-methyl/N-ethyl adjacent to an activating group) is 1. The van der Waals surface area contributed by atoms with Crippen LogP contribution in [0.15, 0.2) is 78.0 Å². The van der Waals surface area contributed by atoms with E-state index in [9.17, 15) is 23.2 Å². The fourth-order valence-electron chi connectivity index (χ4n) is 3.40. The SMILES string of the molecule is CNC(C)C(=O)Nc1cnc(-c2ccc(F)cc2)n(-c2cncc(C(=O)c3ccc(F)cc3)c2)c1=O. The summed E-state index contributed by atoms with van der Waals surface area (Å²) < 4.78 is 28.0. The van der Waals surface area contributed by atoms with Crippen LogP contribution in [0, 0.1) is 11.6 Å².